The van der Waals surface area contributed by atoms with Crippen LogP contribution in [-0.4, -0.2) is 52.1 Å². The number of hydrogen-bond acceptors (Lipinski definition) is 7. The summed E-state index contributed by atoms with van der Waals surface area (Å²) in [5.74, 6) is 0.194. The molecule has 1 saturated heterocycles. The SMILES string of the molecule is Cc1ccc(CN2CCOCC2)cc1NC(=O)C1C=CC(Nc2nc(-c3ccccc3)c3cccnc3n2)=CC1. The van der Waals surface area contributed by atoms with Crippen molar-refractivity contribution in [2.75, 3.05) is 36.9 Å². The molecule has 2 N–H and O–H groups in total. The van der Waals surface area contributed by atoms with Gasteiger partial charge >= 0.3 is 0 Å². The van der Waals surface area contributed by atoms with Crippen molar-refractivity contribution >= 4 is 28.6 Å². The Balaban J connectivity index is 1.12. The van der Waals surface area contributed by atoms with Crippen molar-refractivity contribution in [3.05, 3.63) is 102 Å². The van der Waals surface area contributed by atoms with Crippen LogP contribution in [0.15, 0.2) is 90.8 Å². The van der Waals surface area contributed by atoms with Crippen LogP contribution in [0.2, 0.25) is 0 Å². The van der Waals surface area contributed by atoms with Gasteiger partial charge in [0.25, 0.3) is 0 Å². The fourth-order valence-corrected chi connectivity index (χ4v) is 5.02. The van der Waals surface area contributed by atoms with Gasteiger partial charge in [0, 0.05) is 48.2 Å². The van der Waals surface area contributed by atoms with Crippen LogP contribution in [0, 0.1) is 12.8 Å². The molecule has 2 aromatic carbocycles. The Morgan fingerprint density at radius 1 is 1.05 bits per heavy atom. The number of amides is 1. The maximum Gasteiger partial charge on any atom is 0.231 e. The molecule has 1 aliphatic heterocycles. The van der Waals surface area contributed by atoms with Crippen molar-refractivity contribution in [2.24, 2.45) is 5.92 Å². The van der Waals surface area contributed by atoms with Crippen LogP contribution < -0.4 is 10.6 Å². The first kappa shape index (κ1) is 25.9. The number of pyridine rings is 1. The molecule has 1 atom stereocenters. The summed E-state index contributed by atoms with van der Waals surface area (Å²) in [5, 5.41) is 7.36. The largest absolute Gasteiger partial charge is 0.379 e. The van der Waals surface area contributed by atoms with Gasteiger partial charge in [-0.1, -0.05) is 54.6 Å². The normalized spacial score (nSPS) is 17.4. The number of nitrogens with one attached hydrogen (secondary N) is 2. The Bertz CT molecular complexity index is 1580. The van der Waals surface area contributed by atoms with Gasteiger partial charge < -0.3 is 15.4 Å². The first-order valence-corrected chi connectivity index (χ1v) is 13.7. The lowest BCUT2D eigenvalue weighted by Gasteiger charge is -2.27. The fraction of sp³-hybridized carbons (Fsp3) is 0.250. The van der Waals surface area contributed by atoms with Crippen LogP contribution in [0.4, 0.5) is 11.6 Å². The van der Waals surface area contributed by atoms with E-state index in [9.17, 15) is 4.79 Å². The summed E-state index contributed by atoms with van der Waals surface area (Å²) >= 11 is 0. The van der Waals surface area contributed by atoms with Crippen molar-refractivity contribution < 1.29 is 9.53 Å². The zero-order valence-electron chi connectivity index (χ0n) is 22.5. The van der Waals surface area contributed by atoms with Crippen LogP contribution in [-0.2, 0) is 16.1 Å². The second-order valence-electron chi connectivity index (χ2n) is 10.1. The molecule has 1 amide bonds. The van der Waals surface area contributed by atoms with Crippen molar-refractivity contribution in [3.63, 3.8) is 0 Å². The minimum atomic E-state index is -0.257. The molecule has 2 aliphatic rings. The lowest BCUT2D eigenvalue weighted by atomic mass is 9.98. The smallest absolute Gasteiger partial charge is 0.231 e. The Kier molecular flexibility index (Phi) is 7.61. The molecule has 1 unspecified atom stereocenters. The van der Waals surface area contributed by atoms with Crippen LogP contribution >= 0.6 is 0 Å². The third kappa shape index (κ3) is 5.93. The summed E-state index contributed by atoms with van der Waals surface area (Å²) in [5.41, 5.74) is 6.40. The third-order valence-electron chi connectivity index (χ3n) is 7.28. The van der Waals surface area contributed by atoms with E-state index in [4.69, 9.17) is 9.72 Å². The second-order valence-corrected chi connectivity index (χ2v) is 10.1. The predicted octanol–water partition coefficient (Wildman–Crippen LogP) is 5.34. The molecule has 8 nitrogen and oxygen atoms in total. The highest BCUT2D eigenvalue weighted by Crippen LogP contribution is 2.27. The molecule has 0 saturated carbocycles. The highest BCUT2D eigenvalue weighted by Gasteiger charge is 2.20. The molecule has 2 aromatic heterocycles. The van der Waals surface area contributed by atoms with Gasteiger partial charge in [0.2, 0.25) is 11.9 Å². The molecule has 1 aliphatic carbocycles. The van der Waals surface area contributed by atoms with Crippen molar-refractivity contribution in [1.82, 2.24) is 19.9 Å². The van der Waals surface area contributed by atoms with E-state index in [-0.39, 0.29) is 11.8 Å². The van der Waals surface area contributed by atoms with E-state index >= 15 is 0 Å². The number of aryl methyl sites for hydroxylation is 1. The minimum Gasteiger partial charge on any atom is -0.379 e. The number of hydrogen-bond donors (Lipinski definition) is 2. The van der Waals surface area contributed by atoms with Crippen molar-refractivity contribution in [1.29, 1.82) is 0 Å². The Labute approximate surface area is 233 Å². The average Bonchev–Trinajstić information content (AvgIpc) is 3.00. The number of carbonyl (C=O) groups excluding carboxylic acids is 1. The number of carbonyl (C=O) groups is 1. The molecule has 202 valence electrons. The number of allylic oxidation sites excluding steroid dienone is 2. The number of benzene rings is 2. The molecule has 3 heterocycles. The summed E-state index contributed by atoms with van der Waals surface area (Å²) in [7, 11) is 0. The van der Waals surface area contributed by atoms with Gasteiger partial charge in [-0.2, -0.15) is 4.98 Å². The van der Waals surface area contributed by atoms with E-state index < -0.39 is 0 Å². The van der Waals surface area contributed by atoms with Crippen LogP contribution in [0.3, 0.4) is 0 Å². The maximum atomic E-state index is 13.2. The van der Waals surface area contributed by atoms with E-state index in [0.717, 1.165) is 66.4 Å². The van der Waals surface area contributed by atoms with Gasteiger partial charge in [-0.15, -0.1) is 0 Å². The summed E-state index contributed by atoms with van der Waals surface area (Å²) in [6.45, 7) is 6.28. The lowest BCUT2D eigenvalue weighted by molar-refractivity contribution is -0.118. The fourth-order valence-electron chi connectivity index (χ4n) is 5.02. The van der Waals surface area contributed by atoms with Gasteiger partial charge in [-0.25, -0.2) is 9.97 Å². The van der Waals surface area contributed by atoms with Gasteiger partial charge in [-0.3, -0.25) is 9.69 Å². The van der Waals surface area contributed by atoms with Crippen LogP contribution in [0.1, 0.15) is 17.5 Å². The van der Waals surface area contributed by atoms with E-state index in [0.29, 0.717) is 18.0 Å². The summed E-state index contributed by atoms with van der Waals surface area (Å²) in [6, 6.07) is 20.2. The van der Waals surface area contributed by atoms with Crippen molar-refractivity contribution in [3.8, 4) is 11.3 Å². The zero-order valence-corrected chi connectivity index (χ0v) is 22.5. The van der Waals surface area contributed by atoms with E-state index in [1.165, 1.54) is 5.56 Å². The highest BCUT2D eigenvalue weighted by molar-refractivity contribution is 5.95. The first-order valence-electron chi connectivity index (χ1n) is 13.7. The highest BCUT2D eigenvalue weighted by atomic mass is 16.5. The second kappa shape index (κ2) is 11.8. The van der Waals surface area contributed by atoms with Gasteiger partial charge in [0.15, 0.2) is 5.65 Å². The van der Waals surface area contributed by atoms with Crippen LogP contribution in [0.5, 0.6) is 0 Å². The molecule has 0 bridgehead atoms. The lowest BCUT2D eigenvalue weighted by Crippen LogP contribution is -2.35. The quantitative estimate of drug-likeness (QED) is 0.332. The maximum absolute atomic E-state index is 13.2. The predicted molar refractivity (Wildman–Crippen MR) is 158 cm³/mol. The first-order chi connectivity index (χ1) is 19.6. The van der Waals surface area contributed by atoms with Crippen molar-refractivity contribution in [2.45, 2.75) is 19.9 Å². The molecule has 6 rings (SSSR count). The number of fused-ring (bicyclic) bond motifs is 1. The topological polar surface area (TPSA) is 92.3 Å². The molecular weight excluding hydrogens is 500 g/mol. The number of nitrogens with zero attached hydrogens (tertiary/aromatic N) is 4. The molecular formula is C32H32N6O2. The number of ether oxygens (including phenoxy) is 1. The number of morpholine rings is 1. The number of rotatable bonds is 7. The molecule has 0 spiro atoms. The molecule has 4 aromatic rings. The molecule has 0 radical (unpaired) electrons. The summed E-state index contributed by atoms with van der Waals surface area (Å²) in [4.78, 5) is 29.4. The number of anilines is 2. The van der Waals surface area contributed by atoms with E-state index in [1.54, 1.807) is 6.20 Å². The monoisotopic (exact) mass is 532 g/mol. The van der Waals surface area contributed by atoms with E-state index in [1.807, 2.05) is 67.6 Å². The standard InChI is InChI=1S/C32H32N6O2/c1-22-9-10-23(21-38-16-18-40-19-17-38)20-28(22)35-31(39)25-11-13-26(14-12-25)34-32-36-29(24-6-3-2-4-7-24)27-8-5-15-33-30(27)37-32/h2-11,13-15,20,25H,12,16-19,21H2,1H3,(H,35,39)(H,33,34,36,37). The summed E-state index contributed by atoms with van der Waals surface area (Å²) in [6.07, 6.45) is 8.18. The average molecular weight is 533 g/mol. The van der Waals surface area contributed by atoms with Gasteiger partial charge in [0.05, 0.1) is 24.8 Å². The Hall–Kier alpha value is -4.40. The molecule has 8 heteroatoms. The van der Waals surface area contributed by atoms with Gasteiger partial charge in [0.1, 0.15) is 0 Å². The Morgan fingerprint density at radius 2 is 1.90 bits per heavy atom. The number of aromatic nitrogens is 3. The minimum absolute atomic E-state index is 0.0179. The van der Waals surface area contributed by atoms with Gasteiger partial charge in [-0.05, 0) is 48.7 Å². The molecule has 1 fully saturated rings. The zero-order chi connectivity index (χ0) is 27.3. The van der Waals surface area contributed by atoms with E-state index in [2.05, 4.69) is 43.7 Å². The Morgan fingerprint density at radius 3 is 2.70 bits per heavy atom. The summed E-state index contributed by atoms with van der Waals surface area (Å²) < 4.78 is 5.46. The molecule has 40 heavy (non-hydrogen) atoms. The van der Waals surface area contributed by atoms with Crippen LogP contribution in [0.25, 0.3) is 22.3 Å². The third-order valence-corrected chi connectivity index (χ3v) is 7.28.